The highest BCUT2D eigenvalue weighted by Gasteiger charge is 2.03. The van der Waals surface area contributed by atoms with Gasteiger partial charge in [-0.1, -0.05) is 23.1 Å². The molecular formula is C3H5N3O2S3. The van der Waals surface area contributed by atoms with E-state index in [-0.39, 0.29) is 0 Å². The van der Waals surface area contributed by atoms with Gasteiger partial charge in [0.15, 0.2) is 4.34 Å². The fourth-order valence-corrected chi connectivity index (χ4v) is 2.00. The van der Waals surface area contributed by atoms with E-state index in [1.807, 2.05) is 6.26 Å². The van der Waals surface area contributed by atoms with Crippen LogP contribution in [0.25, 0.3) is 0 Å². The number of rotatable bonds is 3. The van der Waals surface area contributed by atoms with Gasteiger partial charge in [0.25, 0.3) is 11.3 Å². The van der Waals surface area contributed by atoms with Crippen LogP contribution in [0.15, 0.2) is 4.34 Å². The number of anilines is 1. The van der Waals surface area contributed by atoms with Crippen molar-refractivity contribution in [3.8, 4) is 0 Å². The molecule has 2 N–H and O–H groups in total. The number of nitrogens with one attached hydrogen (secondary N) is 1. The standard InChI is InChI=1S/C3H5N3O2S3/c1-9-3-5-4-2(10-3)6-11(7)8/h1H3,(H,4,6)(H,7,8). The number of nitrogens with zero attached hydrogens (tertiary/aromatic N) is 2. The molecule has 0 aromatic carbocycles. The van der Waals surface area contributed by atoms with Gasteiger partial charge in [-0.05, 0) is 6.26 Å². The van der Waals surface area contributed by atoms with Gasteiger partial charge in [0.05, 0.1) is 0 Å². The summed E-state index contributed by atoms with van der Waals surface area (Å²) in [7, 11) is 0. The first kappa shape index (κ1) is 8.91. The highest BCUT2D eigenvalue weighted by atomic mass is 32.2. The second-order valence-electron chi connectivity index (χ2n) is 1.43. The zero-order chi connectivity index (χ0) is 8.27. The second kappa shape index (κ2) is 4.00. The molecule has 1 heterocycles. The van der Waals surface area contributed by atoms with Gasteiger partial charge in [-0.2, -0.15) is 0 Å². The molecule has 0 saturated heterocycles. The molecule has 0 aliphatic rings. The van der Waals surface area contributed by atoms with Gasteiger partial charge in [0, 0.05) is 0 Å². The first-order chi connectivity index (χ1) is 5.22. The van der Waals surface area contributed by atoms with E-state index in [1.165, 1.54) is 23.1 Å². The number of aromatic nitrogens is 2. The predicted molar refractivity (Wildman–Crippen MR) is 46.1 cm³/mol. The maximum absolute atomic E-state index is 10.2. The highest BCUT2D eigenvalue weighted by Crippen LogP contribution is 2.22. The number of hydrogen-bond donors (Lipinski definition) is 2. The monoisotopic (exact) mass is 211 g/mol. The van der Waals surface area contributed by atoms with Gasteiger partial charge >= 0.3 is 0 Å². The van der Waals surface area contributed by atoms with Crippen molar-refractivity contribution >= 4 is 39.5 Å². The van der Waals surface area contributed by atoms with E-state index in [0.717, 1.165) is 4.34 Å². The lowest BCUT2D eigenvalue weighted by atomic mass is 11.3. The van der Waals surface area contributed by atoms with Crippen LogP contribution >= 0.6 is 23.1 Å². The minimum atomic E-state index is -2.06. The Hall–Kier alpha value is -0.180. The van der Waals surface area contributed by atoms with Gasteiger partial charge < -0.3 is 0 Å². The molecule has 1 atom stereocenters. The summed E-state index contributed by atoms with van der Waals surface area (Å²) in [4.78, 5) is 0. The molecule has 0 fully saturated rings. The Morgan fingerprint density at radius 3 is 2.91 bits per heavy atom. The van der Waals surface area contributed by atoms with Crippen molar-refractivity contribution in [2.45, 2.75) is 4.34 Å². The zero-order valence-electron chi connectivity index (χ0n) is 5.47. The molecule has 5 nitrogen and oxygen atoms in total. The van der Waals surface area contributed by atoms with E-state index < -0.39 is 11.3 Å². The predicted octanol–water partition coefficient (Wildman–Crippen LogP) is 0.809. The molecule has 8 heteroatoms. The van der Waals surface area contributed by atoms with Crippen molar-refractivity contribution in [2.24, 2.45) is 0 Å². The van der Waals surface area contributed by atoms with Crippen molar-refractivity contribution < 1.29 is 8.76 Å². The van der Waals surface area contributed by atoms with Crippen molar-refractivity contribution in [3.63, 3.8) is 0 Å². The molecule has 0 aliphatic carbocycles. The first-order valence-corrected chi connectivity index (χ1v) is 5.62. The first-order valence-electron chi connectivity index (χ1n) is 2.47. The molecule has 0 saturated carbocycles. The van der Waals surface area contributed by atoms with Crippen LogP contribution in [-0.2, 0) is 11.3 Å². The summed E-state index contributed by atoms with van der Waals surface area (Å²) >= 11 is 0.622. The number of hydrogen-bond acceptors (Lipinski definition) is 5. The summed E-state index contributed by atoms with van der Waals surface area (Å²) in [5, 5.41) is 7.68. The molecule has 0 bridgehead atoms. The van der Waals surface area contributed by atoms with Crippen LogP contribution in [-0.4, -0.2) is 25.2 Å². The maximum atomic E-state index is 10.2. The highest BCUT2D eigenvalue weighted by molar-refractivity contribution is 8.00. The lowest BCUT2D eigenvalue weighted by Crippen LogP contribution is -2.00. The summed E-state index contributed by atoms with van der Waals surface area (Å²) in [6, 6.07) is 0. The van der Waals surface area contributed by atoms with Gasteiger partial charge in [0.1, 0.15) is 0 Å². The summed E-state index contributed by atoms with van der Waals surface area (Å²) in [6.07, 6.45) is 1.86. The van der Waals surface area contributed by atoms with Crippen molar-refractivity contribution in [3.05, 3.63) is 0 Å². The van der Waals surface area contributed by atoms with Crippen molar-refractivity contribution in [1.82, 2.24) is 10.2 Å². The SMILES string of the molecule is CSc1nnc(NS(=O)O)s1. The smallest absolute Gasteiger partial charge is 0.261 e. The quantitative estimate of drug-likeness (QED) is 0.571. The molecule has 0 aliphatic heterocycles. The Bertz CT molecular complexity index is 262. The molecular weight excluding hydrogens is 206 g/mol. The topological polar surface area (TPSA) is 75.1 Å². The van der Waals surface area contributed by atoms with Crippen LogP contribution in [0, 0.1) is 0 Å². The van der Waals surface area contributed by atoms with E-state index in [4.69, 9.17) is 4.55 Å². The Morgan fingerprint density at radius 1 is 1.73 bits per heavy atom. The largest absolute Gasteiger partial charge is 0.289 e. The van der Waals surface area contributed by atoms with Crippen LogP contribution in [0.1, 0.15) is 0 Å². The Kier molecular flexibility index (Phi) is 3.24. The van der Waals surface area contributed by atoms with Crippen molar-refractivity contribution in [1.29, 1.82) is 0 Å². The fraction of sp³-hybridized carbons (Fsp3) is 0.333. The van der Waals surface area contributed by atoms with E-state index in [1.54, 1.807) is 0 Å². The molecule has 1 aromatic heterocycles. The molecule has 0 spiro atoms. The van der Waals surface area contributed by atoms with Gasteiger partial charge in [-0.15, -0.1) is 10.2 Å². The lowest BCUT2D eigenvalue weighted by molar-refractivity contribution is 0.570. The van der Waals surface area contributed by atoms with Crippen LogP contribution in [0.5, 0.6) is 0 Å². The van der Waals surface area contributed by atoms with Gasteiger partial charge in [0.2, 0.25) is 5.13 Å². The van der Waals surface area contributed by atoms with E-state index >= 15 is 0 Å². The zero-order valence-corrected chi connectivity index (χ0v) is 7.92. The summed E-state index contributed by atoms with van der Waals surface area (Å²) in [6.45, 7) is 0. The average Bonchev–Trinajstić information content (AvgIpc) is 2.34. The van der Waals surface area contributed by atoms with E-state index in [9.17, 15) is 4.21 Å². The normalized spacial score (nSPS) is 12.9. The van der Waals surface area contributed by atoms with E-state index in [2.05, 4.69) is 14.9 Å². The minimum absolute atomic E-state index is 0.357. The van der Waals surface area contributed by atoms with E-state index in [0.29, 0.717) is 5.13 Å². The molecule has 1 unspecified atom stereocenters. The maximum Gasteiger partial charge on any atom is 0.261 e. The van der Waals surface area contributed by atoms with Crippen LogP contribution in [0.2, 0.25) is 0 Å². The Labute approximate surface area is 74.0 Å². The van der Waals surface area contributed by atoms with Gasteiger partial charge in [-0.25, -0.2) is 4.21 Å². The third-order valence-electron chi connectivity index (χ3n) is 0.756. The Balaban J connectivity index is 2.65. The molecule has 1 rings (SSSR count). The minimum Gasteiger partial charge on any atom is -0.289 e. The van der Waals surface area contributed by atoms with Crippen LogP contribution in [0.3, 0.4) is 0 Å². The molecule has 0 amide bonds. The van der Waals surface area contributed by atoms with Crippen LogP contribution < -0.4 is 4.72 Å². The summed E-state index contributed by atoms with van der Waals surface area (Å²) in [5.41, 5.74) is 0. The molecule has 0 radical (unpaired) electrons. The van der Waals surface area contributed by atoms with Gasteiger partial charge in [-0.3, -0.25) is 9.27 Å². The third kappa shape index (κ3) is 2.73. The summed E-state index contributed by atoms with van der Waals surface area (Å²) in [5.74, 6) is 0. The second-order valence-corrected chi connectivity index (χ2v) is 4.16. The Morgan fingerprint density at radius 2 is 2.45 bits per heavy atom. The molecule has 1 aromatic rings. The molecule has 62 valence electrons. The molecule has 11 heavy (non-hydrogen) atoms. The summed E-state index contributed by atoms with van der Waals surface area (Å²) < 4.78 is 21.6. The third-order valence-corrected chi connectivity index (χ3v) is 3.07. The number of thioether (sulfide) groups is 1. The average molecular weight is 211 g/mol. The van der Waals surface area contributed by atoms with Crippen molar-refractivity contribution in [2.75, 3.05) is 11.0 Å². The lowest BCUT2D eigenvalue weighted by Gasteiger charge is -1.89. The fourth-order valence-electron chi connectivity index (χ4n) is 0.408. The van der Waals surface area contributed by atoms with Crippen LogP contribution in [0.4, 0.5) is 5.13 Å².